The van der Waals surface area contributed by atoms with Crippen LogP contribution in [0.4, 0.5) is 5.69 Å². The number of benzene rings is 2. The van der Waals surface area contributed by atoms with Gasteiger partial charge in [-0.05, 0) is 36.8 Å². The third kappa shape index (κ3) is 4.24. The summed E-state index contributed by atoms with van der Waals surface area (Å²) in [6.07, 6.45) is 2.73. The van der Waals surface area contributed by atoms with Crippen molar-refractivity contribution in [1.29, 1.82) is 0 Å². The Morgan fingerprint density at radius 1 is 1.21 bits per heavy atom. The lowest BCUT2D eigenvalue weighted by atomic mass is 10.0. The van der Waals surface area contributed by atoms with Gasteiger partial charge in [0.05, 0.1) is 31.2 Å². The van der Waals surface area contributed by atoms with Gasteiger partial charge in [0.25, 0.3) is 5.91 Å². The molecule has 0 spiro atoms. The Hall–Kier alpha value is -3.77. The van der Waals surface area contributed by atoms with Gasteiger partial charge in [0.1, 0.15) is 17.9 Å². The van der Waals surface area contributed by atoms with E-state index in [1.807, 2.05) is 24.3 Å². The quantitative estimate of drug-likeness (QED) is 0.484. The predicted octanol–water partition coefficient (Wildman–Crippen LogP) is 3.20. The predicted molar refractivity (Wildman–Crippen MR) is 131 cm³/mol. The summed E-state index contributed by atoms with van der Waals surface area (Å²) in [4.78, 5) is 19.5. The molecule has 0 N–H and O–H groups in total. The first-order valence-electron chi connectivity index (χ1n) is 10.6. The molecule has 0 saturated carbocycles. The molecule has 3 aromatic rings. The normalized spacial score (nSPS) is 12.8. The van der Waals surface area contributed by atoms with Gasteiger partial charge in [-0.2, -0.15) is 0 Å². The largest absolute Gasteiger partial charge is 0.497 e. The molecule has 1 amide bonds. The van der Waals surface area contributed by atoms with Crippen LogP contribution >= 0.6 is 0 Å². The number of methoxy groups -OCH3 is 1. The van der Waals surface area contributed by atoms with Gasteiger partial charge >= 0.3 is 0 Å². The average Bonchev–Trinajstić information content (AvgIpc) is 3.15. The maximum atomic E-state index is 13.5. The molecule has 0 fully saturated rings. The summed E-state index contributed by atoms with van der Waals surface area (Å²) in [7, 11) is -0.521. The lowest BCUT2D eigenvalue weighted by molar-refractivity contribution is 0.0795. The molecule has 1 aliphatic rings. The van der Waals surface area contributed by atoms with Crippen LogP contribution in [0.5, 0.6) is 11.5 Å². The number of anilines is 1. The number of rotatable bonds is 7. The van der Waals surface area contributed by atoms with Gasteiger partial charge in [0.2, 0.25) is 10.0 Å². The molecule has 2 heterocycles. The summed E-state index contributed by atoms with van der Waals surface area (Å²) in [6.45, 7) is 2.36. The number of amides is 1. The number of carbonyl (C=O) groups is 1. The molecule has 8 nitrogen and oxygen atoms in total. The Kier molecular flexibility index (Phi) is 6.35. The van der Waals surface area contributed by atoms with E-state index in [1.54, 1.807) is 37.3 Å². The molecule has 176 valence electrons. The molecule has 0 radical (unpaired) electrons. The summed E-state index contributed by atoms with van der Waals surface area (Å²) < 4.78 is 37.6. The Labute approximate surface area is 199 Å². The fraction of sp³-hybridized carbons (Fsp3) is 0.280. The standard InChI is InChI=1S/C25H25N3O5S/c1-5-6-14-28-15-20-21(25(28)29)24(33-16-17-9-11-18(32-3)12-10-17)22-19(8-7-13-26-22)23(20)27(2)34(4,30)31/h7-13H,14-16H2,1-4H3. The molecule has 0 unspecified atom stereocenters. The van der Waals surface area contributed by atoms with Crippen LogP contribution in [0, 0.1) is 11.8 Å². The maximum absolute atomic E-state index is 13.5. The molecule has 2 aromatic carbocycles. The van der Waals surface area contributed by atoms with Crippen LogP contribution in [0.25, 0.3) is 10.9 Å². The zero-order chi connectivity index (χ0) is 24.5. The maximum Gasteiger partial charge on any atom is 0.259 e. The van der Waals surface area contributed by atoms with Crippen molar-refractivity contribution in [3.8, 4) is 23.3 Å². The van der Waals surface area contributed by atoms with Gasteiger partial charge in [-0.15, -0.1) is 5.92 Å². The van der Waals surface area contributed by atoms with Crippen LogP contribution in [0.2, 0.25) is 0 Å². The molecule has 0 bridgehead atoms. The highest BCUT2D eigenvalue weighted by Crippen LogP contribution is 2.45. The van der Waals surface area contributed by atoms with E-state index in [0.29, 0.717) is 33.5 Å². The first-order valence-corrected chi connectivity index (χ1v) is 12.4. The second kappa shape index (κ2) is 9.23. The van der Waals surface area contributed by atoms with E-state index in [0.717, 1.165) is 17.6 Å². The van der Waals surface area contributed by atoms with E-state index >= 15 is 0 Å². The van der Waals surface area contributed by atoms with Crippen molar-refractivity contribution in [3.05, 3.63) is 59.3 Å². The Bertz CT molecular complexity index is 1420. The Morgan fingerprint density at radius 2 is 1.94 bits per heavy atom. The summed E-state index contributed by atoms with van der Waals surface area (Å²) in [5, 5.41) is 0.593. The van der Waals surface area contributed by atoms with Crippen molar-refractivity contribution in [2.45, 2.75) is 20.1 Å². The van der Waals surface area contributed by atoms with Crippen LogP contribution in [-0.2, 0) is 23.2 Å². The van der Waals surface area contributed by atoms with Crippen LogP contribution in [-0.4, -0.2) is 51.2 Å². The molecule has 0 atom stereocenters. The molecule has 0 saturated heterocycles. The van der Waals surface area contributed by atoms with Gasteiger partial charge in [0, 0.05) is 30.7 Å². The monoisotopic (exact) mass is 479 g/mol. The summed E-state index contributed by atoms with van der Waals surface area (Å²) in [5.41, 5.74) is 2.65. The number of ether oxygens (including phenoxy) is 2. The highest BCUT2D eigenvalue weighted by Gasteiger charge is 2.37. The molecular weight excluding hydrogens is 454 g/mol. The number of hydrogen-bond donors (Lipinski definition) is 0. The summed E-state index contributed by atoms with van der Waals surface area (Å²) >= 11 is 0. The van der Waals surface area contributed by atoms with Gasteiger partial charge in [-0.3, -0.25) is 14.1 Å². The van der Waals surface area contributed by atoms with E-state index in [2.05, 4.69) is 16.8 Å². The highest BCUT2D eigenvalue weighted by molar-refractivity contribution is 7.92. The zero-order valence-electron chi connectivity index (χ0n) is 19.5. The summed E-state index contributed by atoms with van der Waals surface area (Å²) in [5.74, 6) is 6.52. The molecule has 0 aliphatic carbocycles. The topological polar surface area (TPSA) is 89.0 Å². The van der Waals surface area contributed by atoms with Gasteiger partial charge in [-0.25, -0.2) is 8.42 Å². The smallest absolute Gasteiger partial charge is 0.259 e. The van der Waals surface area contributed by atoms with Crippen molar-refractivity contribution >= 4 is 32.5 Å². The second-order valence-corrected chi connectivity index (χ2v) is 9.90. The molecular formula is C25H25N3O5S. The number of sulfonamides is 1. The van der Waals surface area contributed by atoms with E-state index in [4.69, 9.17) is 9.47 Å². The Balaban J connectivity index is 1.89. The zero-order valence-corrected chi connectivity index (χ0v) is 20.3. The van der Waals surface area contributed by atoms with Crippen LogP contribution in [0.15, 0.2) is 42.6 Å². The first kappa shape index (κ1) is 23.4. The summed E-state index contributed by atoms with van der Waals surface area (Å²) in [6, 6.07) is 11.0. The van der Waals surface area contributed by atoms with E-state index in [1.165, 1.54) is 11.4 Å². The molecule has 4 rings (SSSR count). The fourth-order valence-electron chi connectivity index (χ4n) is 3.96. The lowest BCUT2D eigenvalue weighted by Crippen LogP contribution is -2.27. The Morgan fingerprint density at radius 3 is 2.59 bits per heavy atom. The number of fused-ring (bicyclic) bond motifs is 2. The fourth-order valence-corrected chi connectivity index (χ4v) is 4.50. The number of hydrogen-bond acceptors (Lipinski definition) is 6. The molecule has 1 aliphatic heterocycles. The highest BCUT2D eigenvalue weighted by atomic mass is 32.2. The number of nitrogens with zero attached hydrogens (tertiary/aromatic N) is 3. The van der Waals surface area contributed by atoms with Crippen molar-refractivity contribution in [3.63, 3.8) is 0 Å². The van der Waals surface area contributed by atoms with E-state index in [-0.39, 0.29) is 25.6 Å². The number of aromatic nitrogens is 1. The van der Waals surface area contributed by atoms with Gasteiger partial charge in [0.15, 0.2) is 5.75 Å². The third-order valence-electron chi connectivity index (χ3n) is 5.74. The molecule has 34 heavy (non-hydrogen) atoms. The SMILES string of the molecule is CC#CCN1Cc2c(c(OCc3ccc(OC)cc3)c3ncccc3c2N(C)S(C)(=O)=O)C1=O. The van der Waals surface area contributed by atoms with Gasteiger partial charge < -0.3 is 14.4 Å². The van der Waals surface area contributed by atoms with E-state index < -0.39 is 10.0 Å². The minimum absolute atomic E-state index is 0.200. The van der Waals surface area contributed by atoms with Gasteiger partial charge in [-0.1, -0.05) is 18.1 Å². The average molecular weight is 480 g/mol. The minimum Gasteiger partial charge on any atom is -0.497 e. The van der Waals surface area contributed by atoms with Crippen LogP contribution in [0.1, 0.15) is 28.4 Å². The molecule has 1 aromatic heterocycles. The molecule has 9 heteroatoms. The van der Waals surface area contributed by atoms with Crippen LogP contribution in [0.3, 0.4) is 0 Å². The lowest BCUT2D eigenvalue weighted by Gasteiger charge is -2.23. The van der Waals surface area contributed by atoms with Crippen molar-refractivity contribution in [1.82, 2.24) is 9.88 Å². The minimum atomic E-state index is -3.60. The number of pyridine rings is 1. The van der Waals surface area contributed by atoms with Crippen LogP contribution < -0.4 is 13.8 Å². The van der Waals surface area contributed by atoms with Crippen molar-refractivity contribution < 1.29 is 22.7 Å². The number of carbonyl (C=O) groups excluding carboxylic acids is 1. The third-order valence-corrected chi connectivity index (χ3v) is 6.92. The van der Waals surface area contributed by atoms with E-state index in [9.17, 15) is 13.2 Å². The second-order valence-electron chi connectivity index (χ2n) is 7.89. The van der Waals surface area contributed by atoms with Crippen molar-refractivity contribution in [2.75, 3.05) is 31.3 Å². The first-order chi connectivity index (χ1) is 16.3. The van der Waals surface area contributed by atoms with Crippen molar-refractivity contribution in [2.24, 2.45) is 0 Å².